The molecule has 1 rings (SSSR count). The van der Waals surface area contributed by atoms with E-state index in [-0.39, 0.29) is 6.10 Å². The Bertz CT molecular complexity index is 264. The molecule has 0 aliphatic carbocycles. The van der Waals surface area contributed by atoms with E-state index < -0.39 is 31.1 Å². The van der Waals surface area contributed by atoms with Crippen LogP contribution in [0.1, 0.15) is 40.5 Å². The summed E-state index contributed by atoms with van der Waals surface area (Å²) in [7, 11) is 0. The third-order valence-electron chi connectivity index (χ3n) is 2.93. The van der Waals surface area contributed by atoms with Crippen LogP contribution in [-0.2, 0) is 18.9 Å². The molecule has 1 fully saturated rings. The summed E-state index contributed by atoms with van der Waals surface area (Å²) in [5, 5.41) is 18.9. The number of ether oxygens (including phenoxy) is 4. The molecule has 1 aliphatic heterocycles. The molecule has 0 aromatic heterocycles. The van der Waals surface area contributed by atoms with Crippen molar-refractivity contribution in [3.8, 4) is 0 Å². The number of aliphatic hydroxyl groups excluding tert-OH is 2. The molecule has 0 aromatic rings. The SMILES string of the molecule is CCCCOC(CO)(CO)O[C@H]1OC(C)(C)O[C@H]1C. The second-order valence-corrected chi connectivity index (χ2v) is 5.26. The first-order valence-electron chi connectivity index (χ1n) is 6.77. The standard InChI is InChI=1S/C13H26O6/c1-5-6-7-16-13(8-14,9-15)19-11-10(2)17-12(3,4)18-11/h10-11,14-15H,5-9H2,1-4H3/t10-,11+/m0/s1. The van der Waals surface area contributed by atoms with Gasteiger partial charge in [0.25, 0.3) is 0 Å². The van der Waals surface area contributed by atoms with Gasteiger partial charge in [-0.15, -0.1) is 0 Å². The zero-order valence-electron chi connectivity index (χ0n) is 12.2. The molecule has 2 N–H and O–H groups in total. The first-order chi connectivity index (χ1) is 8.88. The summed E-state index contributed by atoms with van der Waals surface area (Å²) < 4.78 is 22.2. The Morgan fingerprint density at radius 2 is 1.84 bits per heavy atom. The molecule has 1 aliphatic rings. The number of unbranched alkanes of at least 4 members (excludes halogenated alkanes) is 1. The molecule has 0 radical (unpaired) electrons. The van der Waals surface area contributed by atoms with Crippen LogP contribution in [0.15, 0.2) is 0 Å². The van der Waals surface area contributed by atoms with E-state index in [0.29, 0.717) is 6.61 Å². The second-order valence-electron chi connectivity index (χ2n) is 5.26. The van der Waals surface area contributed by atoms with Crippen LogP contribution in [0.4, 0.5) is 0 Å². The molecule has 6 nitrogen and oxygen atoms in total. The fourth-order valence-electron chi connectivity index (χ4n) is 1.89. The normalized spacial score (nSPS) is 26.8. The van der Waals surface area contributed by atoms with Crippen LogP contribution in [0.3, 0.4) is 0 Å². The Kier molecular flexibility index (Phi) is 6.16. The van der Waals surface area contributed by atoms with Gasteiger partial charge in [-0.05, 0) is 27.2 Å². The fraction of sp³-hybridized carbons (Fsp3) is 1.00. The lowest BCUT2D eigenvalue weighted by Crippen LogP contribution is -2.48. The molecule has 0 saturated carbocycles. The van der Waals surface area contributed by atoms with Crippen molar-refractivity contribution >= 4 is 0 Å². The molecule has 1 saturated heterocycles. The van der Waals surface area contributed by atoms with E-state index in [9.17, 15) is 10.2 Å². The molecule has 0 bridgehead atoms. The zero-order chi connectivity index (χ0) is 14.5. The highest BCUT2D eigenvalue weighted by atomic mass is 16.9. The summed E-state index contributed by atoms with van der Waals surface area (Å²) in [4.78, 5) is 0. The average molecular weight is 278 g/mol. The van der Waals surface area contributed by atoms with Gasteiger partial charge in [0.1, 0.15) is 6.10 Å². The van der Waals surface area contributed by atoms with Crippen LogP contribution in [0.5, 0.6) is 0 Å². The molecule has 1 heterocycles. The second kappa shape index (κ2) is 6.97. The molecule has 6 heteroatoms. The first-order valence-corrected chi connectivity index (χ1v) is 6.77. The first kappa shape index (κ1) is 16.8. The van der Waals surface area contributed by atoms with E-state index in [0.717, 1.165) is 12.8 Å². The largest absolute Gasteiger partial charge is 0.391 e. The van der Waals surface area contributed by atoms with Crippen molar-refractivity contribution in [1.29, 1.82) is 0 Å². The smallest absolute Gasteiger partial charge is 0.218 e. The van der Waals surface area contributed by atoms with Gasteiger partial charge in [-0.25, -0.2) is 0 Å². The van der Waals surface area contributed by atoms with Crippen LogP contribution < -0.4 is 0 Å². The number of hydrogen-bond donors (Lipinski definition) is 2. The predicted octanol–water partition coefficient (Wildman–Crippen LogP) is 0.998. The molecule has 19 heavy (non-hydrogen) atoms. The minimum Gasteiger partial charge on any atom is -0.391 e. The maximum Gasteiger partial charge on any atom is 0.218 e. The summed E-state index contributed by atoms with van der Waals surface area (Å²) in [5.41, 5.74) is 0. The van der Waals surface area contributed by atoms with Gasteiger partial charge in [-0.1, -0.05) is 13.3 Å². The van der Waals surface area contributed by atoms with Gasteiger partial charge in [0.15, 0.2) is 12.1 Å². The highest BCUT2D eigenvalue weighted by Gasteiger charge is 2.45. The maximum atomic E-state index is 9.45. The van der Waals surface area contributed by atoms with Crippen molar-refractivity contribution in [3.05, 3.63) is 0 Å². The Morgan fingerprint density at radius 3 is 2.26 bits per heavy atom. The van der Waals surface area contributed by atoms with Crippen molar-refractivity contribution in [3.63, 3.8) is 0 Å². The molecular formula is C13H26O6. The number of aliphatic hydroxyl groups is 2. The molecule has 0 aromatic carbocycles. The fourth-order valence-corrected chi connectivity index (χ4v) is 1.89. The van der Waals surface area contributed by atoms with Crippen molar-refractivity contribution in [1.82, 2.24) is 0 Å². The third-order valence-corrected chi connectivity index (χ3v) is 2.93. The summed E-state index contributed by atoms with van der Waals surface area (Å²) in [5.74, 6) is -2.19. The summed E-state index contributed by atoms with van der Waals surface area (Å²) in [6.07, 6.45) is 0.798. The summed E-state index contributed by atoms with van der Waals surface area (Å²) >= 11 is 0. The van der Waals surface area contributed by atoms with Gasteiger partial charge in [0.2, 0.25) is 5.79 Å². The van der Waals surface area contributed by atoms with Crippen LogP contribution >= 0.6 is 0 Å². The Balaban J connectivity index is 2.62. The lowest BCUT2D eigenvalue weighted by molar-refractivity contribution is -0.333. The average Bonchev–Trinajstić information content (AvgIpc) is 2.61. The maximum absolute atomic E-state index is 9.45. The van der Waals surface area contributed by atoms with Crippen molar-refractivity contribution in [2.75, 3.05) is 19.8 Å². The Morgan fingerprint density at radius 1 is 1.21 bits per heavy atom. The van der Waals surface area contributed by atoms with Gasteiger partial charge in [0.05, 0.1) is 19.8 Å². The van der Waals surface area contributed by atoms with Crippen molar-refractivity contribution < 1.29 is 29.2 Å². The molecule has 2 atom stereocenters. The van der Waals surface area contributed by atoms with Gasteiger partial charge in [-0.3, -0.25) is 0 Å². The molecular weight excluding hydrogens is 252 g/mol. The minimum atomic E-state index is -1.45. The topological polar surface area (TPSA) is 77.4 Å². The third kappa shape index (κ3) is 4.66. The Hall–Kier alpha value is -0.240. The van der Waals surface area contributed by atoms with Crippen molar-refractivity contribution in [2.45, 2.75) is 64.5 Å². The number of hydrogen-bond acceptors (Lipinski definition) is 6. The quantitative estimate of drug-likeness (QED) is 0.509. The van der Waals surface area contributed by atoms with Gasteiger partial charge >= 0.3 is 0 Å². The monoisotopic (exact) mass is 278 g/mol. The van der Waals surface area contributed by atoms with Gasteiger partial charge < -0.3 is 29.2 Å². The van der Waals surface area contributed by atoms with Gasteiger partial charge in [-0.2, -0.15) is 0 Å². The number of rotatable bonds is 8. The molecule has 114 valence electrons. The van der Waals surface area contributed by atoms with Gasteiger partial charge in [0, 0.05) is 0 Å². The van der Waals surface area contributed by atoms with Crippen LogP contribution in [0.25, 0.3) is 0 Å². The van der Waals surface area contributed by atoms with Crippen LogP contribution in [0.2, 0.25) is 0 Å². The van der Waals surface area contributed by atoms with E-state index in [1.54, 1.807) is 13.8 Å². The van der Waals surface area contributed by atoms with E-state index in [2.05, 4.69) is 0 Å². The highest BCUT2D eigenvalue weighted by molar-refractivity contribution is 4.76. The van der Waals surface area contributed by atoms with E-state index in [1.807, 2.05) is 13.8 Å². The van der Waals surface area contributed by atoms with E-state index >= 15 is 0 Å². The minimum absolute atomic E-state index is 0.303. The Labute approximate surface area is 114 Å². The molecule has 0 spiro atoms. The zero-order valence-corrected chi connectivity index (χ0v) is 12.2. The van der Waals surface area contributed by atoms with Crippen LogP contribution in [-0.4, -0.2) is 54.0 Å². The lowest BCUT2D eigenvalue weighted by Gasteiger charge is -2.33. The summed E-state index contributed by atoms with van der Waals surface area (Å²) in [6, 6.07) is 0. The highest BCUT2D eigenvalue weighted by Crippen LogP contribution is 2.31. The lowest BCUT2D eigenvalue weighted by atomic mass is 10.3. The summed E-state index contributed by atoms with van der Waals surface area (Å²) in [6.45, 7) is 6.92. The molecule has 0 unspecified atom stereocenters. The van der Waals surface area contributed by atoms with E-state index in [1.165, 1.54) is 0 Å². The van der Waals surface area contributed by atoms with Crippen molar-refractivity contribution in [2.24, 2.45) is 0 Å². The molecule has 0 amide bonds. The van der Waals surface area contributed by atoms with Crippen LogP contribution in [0, 0.1) is 0 Å². The predicted molar refractivity (Wildman–Crippen MR) is 68.3 cm³/mol. The van der Waals surface area contributed by atoms with E-state index in [4.69, 9.17) is 18.9 Å².